The molecule has 0 spiro atoms. The van der Waals surface area contributed by atoms with E-state index in [0.717, 1.165) is 0 Å². The molecule has 0 radical (unpaired) electrons. The highest BCUT2D eigenvalue weighted by Gasteiger charge is 2.12. The van der Waals surface area contributed by atoms with Gasteiger partial charge in [-0.25, -0.2) is 4.39 Å². The van der Waals surface area contributed by atoms with Crippen LogP contribution in [0.15, 0.2) is 22.7 Å². The quantitative estimate of drug-likeness (QED) is 0.882. The first-order valence-electron chi connectivity index (χ1n) is 4.41. The van der Waals surface area contributed by atoms with E-state index >= 15 is 0 Å². The average Bonchev–Trinajstić information content (AvgIpc) is 2.17. The van der Waals surface area contributed by atoms with Gasteiger partial charge in [0.05, 0.1) is 12.2 Å². The van der Waals surface area contributed by atoms with E-state index in [0.29, 0.717) is 10.0 Å². The fourth-order valence-corrected chi connectivity index (χ4v) is 1.55. The van der Waals surface area contributed by atoms with Gasteiger partial charge in [0, 0.05) is 10.5 Å². The van der Waals surface area contributed by atoms with Crippen LogP contribution in [0.2, 0.25) is 0 Å². The van der Waals surface area contributed by atoms with Gasteiger partial charge in [-0.15, -0.1) is 0 Å². The van der Waals surface area contributed by atoms with Crippen molar-refractivity contribution in [1.82, 2.24) is 5.32 Å². The molecule has 1 aromatic rings. The van der Waals surface area contributed by atoms with E-state index in [9.17, 15) is 9.18 Å². The number of hydrogen-bond donors (Lipinski definition) is 2. The van der Waals surface area contributed by atoms with Crippen LogP contribution in [0.25, 0.3) is 0 Å². The number of aliphatic hydroxyl groups excluding tert-OH is 1. The maximum absolute atomic E-state index is 12.7. The van der Waals surface area contributed by atoms with Gasteiger partial charge < -0.3 is 10.4 Å². The number of amides is 1. The zero-order chi connectivity index (χ0) is 11.4. The standard InChI is InChI=1S/C10H11BrFNO2/c1-6(5-14)13-10(15)8-3-2-7(12)4-9(8)11/h2-4,6,14H,5H2,1H3,(H,13,15). The highest BCUT2D eigenvalue weighted by Crippen LogP contribution is 2.17. The zero-order valence-corrected chi connectivity index (χ0v) is 9.71. The first-order chi connectivity index (χ1) is 7.04. The molecule has 0 aliphatic carbocycles. The van der Waals surface area contributed by atoms with Crippen LogP contribution in [-0.2, 0) is 0 Å². The van der Waals surface area contributed by atoms with Crippen LogP contribution in [0.5, 0.6) is 0 Å². The van der Waals surface area contributed by atoms with E-state index in [-0.39, 0.29) is 18.6 Å². The summed E-state index contributed by atoms with van der Waals surface area (Å²) in [6.07, 6.45) is 0. The van der Waals surface area contributed by atoms with Gasteiger partial charge in [0.25, 0.3) is 5.91 Å². The minimum Gasteiger partial charge on any atom is -0.394 e. The Labute approximate surface area is 95.4 Å². The molecule has 1 unspecified atom stereocenters. The van der Waals surface area contributed by atoms with Crippen LogP contribution in [0, 0.1) is 5.82 Å². The SMILES string of the molecule is CC(CO)NC(=O)c1ccc(F)cc1Br. The summed E-state index contributed by atoms with van der Waals surface area (Å²) in [6, 6.07) is 3.50. The fraction of sp³-hybridized carbons (Fsp3) is 0.300. The third-order valence-corrected chi connectivity index (χ3v) is 2.48. The highest BCUT2D eigenvalue weighted by molar-refractivity contribution is 9.10. The molecule has 1 amide bonds. The summed E-state index contributed by atoms with van der Waals surface area (Å²) in [7, 11) is 0. The predicted molar refractivity (Wildman–Crippen MR) is 58.1 cm³/mol. The van der Waals surface area contributed by atoms with Crippen LogP contribution in [0.1, 0.15) is 17.3 Å². The van der Waals surface area contributed by atoms with Crippen molar-refractivity contribution in [2.75, 3.05) is 6.61 Å². The summed E-state index contributed by atoms with van der Waals surface area (Å²) >= 11 is 3.10. The van der Waals surface area contributed by atoms with E-state index in [2.05, 4.69) is 21.2 Å². The Morgan fingerprint density at radius 3 is 2.87 bits per heavy atom. The van der Waals surface area contributed by atoms with E-state index in [1.54, 1.807) is 6.92 Å². The van der Waals surface area contributed by atoms with Crippen LogP contribution in [0.3, 0.4) is 0 Å². The molecule has 0 aliphatic rings. The largest absolute Gasteiger partial charge is 0.394 e. The number of halogens is 2. The summed E-state index contributed by atoms with van der Waals surface area (Å²) in [5, 5.41) is 11.3. The zero-order valence-electron chi connectivity index (χ0n) is 8.13. The van der Waals surface area contributed by atoms with E-state index in [1.807, 2.05) is 0 Å². The number of benzene rings is 1. The maximum atomic E-state index is 12.7. The summed E-state index contributed by atoms with van der Waals surface area (Å²) in [6.45, 7) is 1.54. The highest BCUT2D eigenvalue weighted by atomic mass is 79.9. The molecule has 0 fully saturated rings. The number of aliphatic hydroxyl groups is 1. The minimum atomic E-state index is -0.409. The van der Waals surface area contributed by atoms with Crippen molar-refractivity contribution in [2.24, 2.45) is 0 Å². The number of rotatable bonds is 3. The molecule has 1 atom stereocenters. The number of carbonyl (C=O) groups excluding carboxylic acids is 1. The van der Waals surface area contributed by atoms with Gasteiger partial charge in [0.2, 0.25) is 0 Å². The Bertz CT molecular complexity index is 370. The summed E-state index contributed by atoms with van der Waals surface area (Å²) in [5.41, 5.74) is 0.344. The molecule has 0 aliphatic heterocycles. The topological polar surface area (TPSA) is 49.3 Å². The van der Waals surface area contributed by atoms with E-state index in [4.69, 9.17) is 5.11 Å². The van der Waals surface area contributed by atoms with Crippen molar-refractivity contribution in [1.29, 1.82) is 0 Å². The second-order valence-corrected chi connectivity index (χ2v) is 4.04. The maximum Gasteiger partial charge on any atom is 0.252 e. The van der Waals surface area contributed by atoms with Crippen molar-refractivity contribution in [2.45, 2.75) is 13.0 Å². The first-order valence-corrected chi connectivity index (χ1v) is 5.20. The fourth-order valence-electron chi connectivity index (χ4n) is 1.02. The van der Waals surface area contributed by atoms with Crippen LogP contribution < -0.4 is 5.32 Å². The molecule has 0 saturated carbocycles. The second kappa shape index (κ2) is 5.23. The van der Waals surface area contributed by atoms with Crippen LogP contribution in [-0.4, -0.2) is 23.7 Å². The van der Waals surface area contributed by atoms with E-state index < -0.39 is 5.82 Å². The van der Waals surface area contributed by atoms with Gasteiger partial charge in [-0.1, -0.05) is 0 Å². The Morgan fingerprint density at radius 2 is 2.33 bits per heavy atom. The van der Waals surface area contributed by atoms with Gasteiger partial charge >= 0.3 is 0 Å². The Kier molecular flexibility index (Phi) is 4.23. The molecule has 0 bridgehead atoms. The van der Waals surface area contributed by atoms with Gasteiger partial charge in [0.1, 0.15) is 5.82 Å². The molecular weight excluding hydrogens is 265 g/mol. The molecular formula is C10H11BrFNO2. The van der Waals surface area contributed by atoms with Crippen molar-refractivity contribution < 1.29 is 14.3 Å². The number of carbonyl (C=O) groups is 1. The van der Waals surface area contributed by atoms with Crippen molar-refractivity contribution in [3.63, 3.8) is 0 Å². The molecule has 15 heavy (non-hydrogen) atoms. The summed E-state index contributed by atoms with van der Waals surface area (Å²) in [5.74, 6) is -0.753. The lowest BCUT2D eigenvalue weighted by Gasteiger charge is -2.11. The van der Waals surface area contributed by atoms with Crippen LogP contribution >= 0.6 is 15.9 Å². The molecule has 5 heteroatoms. The lowest BCUT2D eigenvalue weighted by atomic mass is 10.2. The first kappa shape index (κ1) is 12.1. The van der Waals surface area contributed by atoms with Gasteiger partial charge in [0.15, 0.2) is 0 Å². The van der Waals surface area contributed by atoms with Gasteiger partial charge in [-0.05, 0) is 41.1 Å². The average molecular weight is 276 g/mol. The van der Waals surface area contributed by atoms with Gasteiger partial charge in [-0.3, -0.25) is 4.79 Å². The van der Waals surface area contributed by atoms with Crippen molar-refractivity contribution in [3.8, 4) is 0 Å². The second-order valence-electron chi connectivity index (χ2n) is 3.18. The lowest BCUT2D eigenvalue weighted by Crippen LogP contribution is -2.35. The third-order valence-electron chi connectivity index (χ3n) is 1.83. The molecule has 3 nitrogen and oxygen atoms in total. The molecule has 0 aromatic heterocycles. The lowest BCUT2D eigenvalue weighted by molar-refractivity contribution is 0.0921. The summed E-state index contributed by atoms with van der Waals surface area (Å²) in [4.78, 5) is 11.6. The number of hydrogen-bond acceptors (Lipinski definition) is 2. The smallest absolute Gasteiger partial charge is 0.252 e. The third kappa shape index (κ3) is 3.28. The molecule has 1 rings (SSSR count). The number of nitrogens with one attached hydrogen (secondary N) is 1. The molecule has 0 heterocycles. The molecule has 1 aromatic carbocycles. The van der Waals surface area contributed by atoms with Crippen LogP contribution in [0.4, 0.5) is 4.39 Å². The van der Waals surface area contributed by atoms with Gasteiger partial charge in [-0.2, -0.15) is 0 Å². The Balaban J connectivity index is 2.82. The predicted octanol–water partition coefficient (Wildman–Crippen LogP) is 1.70. The normalized spacial score (nSPS) is 12.3. The molecule has 2 N–H and O–H groups in total. The minimum absolute atomic E-state index is 0.134. The van der Waals surface area contributed by atoms with Crippen molar-refractivity contribution in [3.05, 3.63) is 34.1 Å². The molecule has 82 valence electrons. The molecule has 0 saturated heterocycles. The summed E-state index contributed by atoms with van der Waals surface area (Å²) < 4.78 is 13.1. The van der Waals surface area contributed by atoms with E-state index in [1.165, 1.54) is 18.2 Å². The Morgan fingerprint density at radius 1 is 1.67 bits per heavy atom. The Hall–Kier alpha value is -0.940. The van der Waals surface area contributed by atoms with Crippen molar-refractivity contribution >= 4 is 21.8 Å². The monoisotopic (exact) mass is 275 g/mol.